The van der Waals surface area contributed by atoms with Crippen LogP contribution in [0.4, 0.5) is 0 Å². The van der Waals surface area contributed by atoms with Gasteiger partial charge in [-0.2, -0.15) is 0 Å². The first-order valence-corrected chi connectivity index (χ1v) is 5.38. The molecule has 0 N–H and O–H groups in total. The molecular weight excluding hydrogens is 176 g/mol. The number of Topliss-reactive ketones (excluding diaryl/α,β-unsaturated/α-hetero) is 1. The van der Waals surface area contributed by atoms with Crippen LogP contribution >= 0.6 is 0 Å². The normalized spacial score (nSPS) is 33.1. The van der Waals surface area contributed by atoms with Gasteiger partial charge < -0.3 is 0 Å². The summed E-state index contributed by atoms with van der Waals surface area (Å²) in [6, 6.07) is 0. The van der Waals surface area contributed by atoms with Crippen molar-refractivity contribution in [2.45, 2.75) is 25.5 Å². The van der Waals surface area contributed by atoms with E-state index >= 15 is 0 Å². The molecule has 1 unspecified atom stereocenters. The van der Waals surface area contributed by atoms with Crippen molar-refractivity contribution in [3.63, 3.8) is 0 Å². The second-order valence-corrected chi connectivity index (χ2v) is 5.64. The third kappa shape index (κ3) is 0.941. The second-order valence-electron chi connectivity index (χ2n) is 3.26. The van der Waals surface area contributed by atoms with Crippen LogP contribution in [0.15, 0.2) is 11.6 Å². The zero-order valence-electron chi connectivity index (χ0n) is 7.42. The van der Waals surface area contributed by atoms with Crippen LogP contribution in [0.3, 0.4) is 0 Å². The first-order chi connectivity index (χ1) is 5.32. The summed E-state index contributed by atoms with van der Waals surface area (Å²) in [5.41, 5.74) is 0.648. The van der Waals surface area contributed by atoms with Gasteiger partial charge in [-0.25, -0.2) is 8.42 Å². The number of hydrogen-bond donors (Lipinski definition) is 0. The quantitative estimate of drug-likeness (QED) is 0.569. The molecule has 0 aliphatic carbocycles. The van der Waals surface area contributed by atoms with E-state index in [0.717, 1.165) is 0 Å². The van der Waals surface area contributed by atoms with Gasteiger partial charge in [0, 0.05) is 0 Å². The number of sulfone groups is 1. The lowest BCUT2D eigenvalue weighted by molar-refractivity contribution is -0.118. The van der Waals surface area contributed by atoms with Crippen molar-refractivity contribution in [3.05, 3.63) is 11.6 Å². The number of carbonyl (C=O) groups is 1. The molecule has 0 amide bonds. The Morgan fingerprint density at radius 1 is 1.58 bits per heavy atom. The van der Waals surface area contributed by atoms with Crippen molar-refractivity contribution in [1.29, 1.82) is 0 Å². The molecule has 12 heavy (non-hydrogen) atoms. The maximum absolute atomic E-state index is 11.5. The lowest BCUT2D eigenvalue weighted by atomic mass is 9.98. The maximum Gasteiger partial charge on any atom is 0.170 e. The van der Waals surface area contributed by atoms with Gasteiger partial charge in [-0.1, -0.05) is 6.08 Å². The summed E-state index contributed by atoms with van der Waals surface area (Å²) in [7, 11) is -3.28. The lowest BCUT2D eigenvalue weighted by Gasteiger charge is -2.21. The lowest BCUT2D eigenvalue weighted by Crippen LogP contribution is -2.40. The Labute approximate surface area is 72.4 Å². The molecule has 0 aromatic rings. The average Bonchev–Trinajstić information content (AvgIpc) is 2.15. The van der Waals surface area contributed by atoms with E-state index in [9.17, 15) is 13.2 Å². The van der Waals surface area contributed by atoms with Crippen molar-refractivity contribution < 1.29 is 13.2 Å². The van der Waals surface area contributed by atoms with E-state index in [2.05, 4.69) is 0 Å². The second kappa shape index (κ2) is 2.42. The van der Waals surface area contributed by atoms with Gasteiger partial charge in [0.15, 0.2) is 15.6 Å². The average molecular weight is 188 g/mol. The fourth-order valence-electron chi connectivity index (χ4n) is 1.34. The molecule has 1 heterocycles. The van der Waals surface area contributed by atoms with Gasteiger partial charge in [0.25, 0.3) is 0 Å². The molecule has 1 atom stereocenters. The van der Waals surface area contributed by atoms with Gasteiger partial charge in [-0.15, -0.1) is 0 Å². The predicted molar refractivity (Wildman–Crippen MR) is 46.6 cm³/mol. The molecular formula is C8H12O3S. The Morgan fingerprint density at radius 2 is 2.08 bits per heavy atom. The zero-order valence-corrected chi connectivity index (χ0v) is 8.23. The zero-order chi connectivity index (χ0) is 9.57. The standard InChI is InChI=1S/C8H12O3S/c1-6-4-5-12(10,11)8(6,3)7(2)9/h4H,5H2,1-3H3. The summed E-state index contributed by atoms with van der Waals surface area (Å²) < 4.78 is 21.7. The largest absolute Gasteiger partial charge is 0.298 e. The minimum atomic E-state index is -3.28. The van der Waals surface area contributed by atoms with Crippen molar-refractivity contribution in [1.82, 2.24) is 0 Å². The van der Waals surface area contributed by atoms with Crippen LogP contribution in [0.5, 0.6) is 0 Å². The van der Waals surface area contributed by atoms with Crippen LogP contribution in [0.2, 0.25) is 0 Å². The van der Waals surface area contributed by atoms with Crippen LogP contribution in [0.1, 0.15) is 20.8 Å². The van der Waals surface area contributed by atoms with Gasteiger partial charge in [-0.3, -0.25) is 4.79 Å². The minimum absolute atomic E-state index is 0.00505. The van der Waals surface area contributed by atoms with E-state index in [-0.39, 0.29) is 11.5 Å². The van der Waals surface area contributed by atoms with Gasteiger partial charge in [-0.05, 0) is 26.3 Å². The third-order valence-corrected chi connectivity index (χ3v) is 5.11. The number of ketones is 1. The van der Waals surface area contributed by atoms with E-state index in [1.807, 2.05) is 0 Å². The highest BCUT2D eigenvalue weighted by Gasteiger charge is 2.47. The molecule has 0 spiro atoms. The summed E-state index contributed by atoms with van der Waals surface area (Å²) in [4.78, 5) is 11.2. The van der Waals surface area contributed by atoms with Gasteiger partial charge >= 0.3 is 0 Å². The third-order valence-electron chi connectivity index (χ3n) is 2.66. The number of rotatable bonds is 1. The Morgan fingerprint density at radius 3 is 2.25 bits per heavy atom. The molecule has 0 aromatic carbocycles. The SMILES string of the molecule is CC(=O)C1(C)C(C)=CCS1(=O)=O. The molecule has 1 aliphatic heterocycles. The monoisotopic (exact) mass is 188 g/mol. The van der Waals surface area contributed by atoms with Gasteiger partial charge in [0.2, 0.25) is 0 Å². The van der Waals surface area contributed by atoms with E-state index in [1.165, 1.54) is 13.8 Å². The molecule has 3 nitrogen and oxygen atoms in total. The van der Waals surface area contributed by atoms with E-state index in [1.54, 1.807) is 13.0 Å². The van der Waals surface area contributed by atoms with E-state index in [4.69, 9.17) is 0 Å². The topological polar surface area (TPSA) is 51.2 Å². The minimum Gasteiger partial charge on any atom is -0.298 e. The molecule has 0 fully saturated rings. The highest BCUT2D eigenvalue weighted by atomic mass is 32.2. The van der Waals surface area contributed by atoms with E-state index < -0.39 is 14.6 Å². The predicted octanol–water partition coefficient (Wildman–Crippen LogP) is 0.709. The smallest absolute Gasteiger partial charge is 0.170 e. The van der Waals surface area contributed by atoms with Crippen LogP contribution in [-0.4, -0.2) is 24.7 Å². The molecule has 68 valence electrons. The van der Waals surface area contributed by atoms with Crippen molar-refractivity contribution in [2.75, 3.05) is 5.75 Å². The Balaban J connectivity index is 3.35. The van der Waals surface area contributed by atoms with Crippen LogP contribution in [0.25, 0.3) is 0 Å². The fourth-order valence-corrected chi connectivity index (χ4v) is 3.15. The first kappa shape index (κ1) is 9.45. The number of carbonyl (C=O) groups excluding carboxylic acids is 1. The fraction of sp³-hybridized carbons (Fsp3) is 0.625. The van der Waals surface area contributed by atoms with Crippen molar-refractivity contribution in [3.8, 4) is 0 Å². The van der Waals surface area contributed by atoms with Crippen LogP contribution in [0, 0.1) is 0 Å². The molecule has 1 aliphatic rings. The summed E-state index contributed by atoms with van der Waals surface area (Å²) in [6.07, 6.45) is 1.61. The highest BCUT2D eigenvalue weighted by molar-refractivity contribution is 7.94. The molecule has 0 saturated carbocycles. The summed E-state index contributed by atoms with van der Waals surface area (Å²) in [6.45, 7) is 4.48. The molecule has 0 saturated heterocycles. The Kier molecular flexibility index (Phi) is 1.91. The van der Waals surface area contributed by atoms with Gasteiger partial charge in [0.1, 0.15) is 4.75 Å². The first-order valence-electron chi connectivity index (χ1n) is 3.73. The van der Waals surface area contributed by atoms with Crippen LogP contribution < -0.4 is 0 Å². The maximum atomic E-state index is 11.5. The highest BCUT2D eigenvalue weighted by Crippen LogP contribution is 2.33. The number of hydrogen-bond acceptors (Lipinski definition) is 3. The van der Waals surface area contributed by atoms with Crippen LogP contribution in [-0.2, 0) is 14.6 Å². The Hall–Kier alpha value is -0.640. The molecule has 0 radical (unpaired) electrons. The van der Waals surface area contributed by atoms with E-state index in [0.29, 0.717) is 5.57 Å². The summed E-state index contributed by atoms with van der Waals surface area (Å²) in [5, 5.41) is 0. The van der Waals surface area contributed by atoms with Crippen molar-refractivity contribution in [2.24, 2.45) is 0 Å². The molecule has 4 heteroatoms. The van der Waals surface area contributed by atoms with Gasteiger partial charge in [0.05, 0.1) is 5.75 Å². The molecule has 1 rings (SSSR count). The summed E-state index contributed by atoms with van der Waals surface area (Å²) in [5.74, 6) is -0.302. The molecule has 0 aromatic heterocycles. The van der Waals surface area contributed by atoms with Crippen molar-refractivity contribution >= 4 is 15.6 Å². The summed E-state index contributed by atoms with van der Waals surface area (Å²) >= 11 is 0. The Bertz CT molecular complexity index is 350. The molecule has 0 bridgehead atoms.